The Labute approximate surface area is 111 Å². The molecular formula is C15H16FNO2. The molecule has 0 aliphatic carbocycles. The molecule has 3 nitrogen and oxygen atoms in total. The second kappa shape index (κ2) is 6.20. The standard InChI is InChI=1S/C15H16FNO2/c1-18-14-4-2-3-12(15(14)16)10-19-9-11-5-7-13(17)8-6-11/h2-8H,9-10,17H2,1H3. The van der Waals surface area contributed by atoms with Crippen molar-refractivity contribution in [3.63, 3.8) is 0 Å². The number of rotatable bonds is 5. The average molecular weight is 261 g/mol. The molecule has 0 bridgehead atoms. The van der Waals surface area contributed by atoms with Gasteiger partial charge in [-0.2, -0.15) is 0 Å². The second-order valence-corrected chi connectivity index (χ2v) is 4.17. The molecule has 0 fully saturated rings. The number of ether oxygens (including phenoxy) is 2. The highest BCUT2D eigenvalue weighted by atomic mass is 19.1. The summed E-state index contributed by atoms with van der Waals surface area (Å²) in [6, 6.07) is 12.4. The molecule has 2 aromatic carbocycles. The van der Waals surface area contributed by atoms with E-state index in [0.29, 0.717) is 17.9 Å². The number of nitrogens with two attached hydrogens (primary N) is 1. The van der Waals surface area contributed by atoms with Gasteiger partial charge in [-0.15, -0.1) is 0 Å². The summed E-state index contributed by atoms with van der Waals surface area (Å²) in [4.78, 5) is 0. The molecule has 0 aliphatic heterocycles. The van der Waals surface area contributed by atoms with Crippen molar-refractivity contribution in [2.24, 2.45) is 0 Å². The van der Waals surface area contributed by atoms with Gasteiger partial charge in [0.2, 0.25) is 0 Å². The van der Waals surface area contributed by atoms with Crippen molar-refractivity contribution >= 4 is 5.69 Å². The molecule has 2 aromatic rings. The predicted molar refractivity (Wildman–Crippen MR) is 72.3 cm³/mol. The fraction of sp³-hybridized carbons (Fsp3) is 0.200. The van der Waals surface area contributed by atoms with Crippen LogP contribution in [-0.2, 0) is 18.0 Å². The molecule has 0 amide bonds. The number of nitrogen functional groups attached to an aromatic ring is 1. The Balaban J connectivity index is 1.94. The summed E-state index contributed by atoms with van der Waals surface area (Å²) >= 11 is 0. The van der Waals surface area contributed by atoms with E-state index >= 15 is 0 Å². The zero-order valence-corrected chi connectivity index (χ0v) is 10.7. The fourth-order valence-corrected chi connectivity index (χ4v) is 1.72. The van der Waals surface area contributed by atoms with Gasteiger partial charge in [-0.05, 0) is 23.8 Å². The lowest BCUT2D eigenvalue weighted by Gasteiger charge is -2.08. The molecular weight excluding hydrogens is 245 g/mol. The largest absolute Gasteiger partial charge is 0.494 e. The molecule has 4 heteroatoms. The molecule has 0 aliphatic rings. The molecule has 2 N–H and O–H groups in total. The van der Waals surface area contributed by atoms with E-state index in [9.17, 15) is 4.39 Å². The first-order valence-corrected chi connectivity index (χ1v) is 5.94. The SMILES string of the molecule is COc1cccc(COCc2ccc(N)cc2)c1F. The molecule has 100 valence electrons. The molecule has 0 atom stereocenters. The van der Waals surface area contributed by atoms with Gasteiger partial charge in [0.1, 0.15) is 0 Å². The minimum Gasteiger partial charge on any atom is -0.494 e. The maximum Gasteiger partial charge on any atom is 0.170 e. The Kier molecular flexibility index (Phi) is 4.36. The number of benzene rings is 2. The van der Waals surface area contributed by atoms with E-state index in [1.807, 2.05) is 24.3 Å². The number of hydrogen-bond donors (Lipinski definition) is 1. The van der Waals surface area contributed by atoms with Gasteiger partial charge in [-0.3, -0.25) is 0 Å². The monoisotopic (exact) mass is 261 g/mol. The Bertz CT molecular complexity index is 540. The normalized spacial score (nSPS) is 10.4. The van der Waals surface area contributed by atoms with E-state index in [1.54, 1.807) is 18.2 Å². The Morgan fingerprint density at radius 3 is 2.47 bits per heavy atom. The first kappa shape index (κ1) is 13.4. The van der Waals surface area contributed by atoms with Crippen LogP contribution in [0.5, 0.6) is 5.75 Å². The van der Waals surface area contributed by atoms with Crippen molar-refractivity contribution in [1.82, 2.24) is 0 Å². The van der Waals surface area contributed by atoms with Crippen LogP contribution in [0.25, 0.3) is 0 Å². The minimum absolute atomic E-state index is 0.202. The first-order chi connectivity index (χ1) is 9.20. The third-order valence-electron chi connectivity index (χ3n) is 2.77. The van der Waals surface area contributed by atoms with Gasteiger partial charge < -0.3 is 15.2 Å². The molecule has 0 radical (unpaired) electrons. The summed E-state index contributed by atoms with van der Waals surface area (Å²) in [5.74, 6) is -0.143. The summed E-state index contributed by atoms with van der Waals surface area (Å²) in [5.41, 5.74) is 7.78. The fourth-order valence-electron chi connectivity index (χ4n) is 1.72. The van der Waals surface area contributed by atoms with Crippen LogP contribution in [0.1, 0.15) is 11.1 Å². The number of methoxy groups -OCH3 is 1. The van der Waals surface area contributed by atoms with E-state index in [4.69, 9.17) is 15.2 Å². The van der Waals surface area contributed by atoms with E-state index in [1.165, 1.54) is 7.11 Å². The van der Waals surface area contributed by atoms with Crippen LogP contribution in [0.15, 0.2) is 42.5 Å². The summed E-state index contributed by atoms with van der Waals surface area (Å²) in [7, 11) is 1.44. The second-order valence-electron chi connectivity index (χ2n) is 4.17. The Morgan fingerprint density at radius 2 is 1.79 bits per heavy atom. The zero-order valence-electron chi connectivity index (χ0n) is 10.7. The van der Waals surface area contributed by atoms with Gasteiger partial charge in [0.15, 0.2) is 11.6 Å². The minimum atomic E-state index is -0.373. The predicted octanol–water partition coefficient (Wildman–Crippen LogP) is 3.13. The third-order valence-corrected chi connectivity index (χ3v) is 2.77. The highest BCUT2D eigenvalue weighted by Gasteiger charge is 2.08. The molecule has 0 heterocycles. The molecule has 2 rings (SSSR count). The van der Waals surface area contributed by atoms with Crippen molar-refractivity contribution < 1.29 is 13.9 Å². The summed E-state index contributed by atoms with van der Waals surface area (Å²) in [5, 5.41) is 0. The van der Waals surface area contributed by atoms with Crippen LogP contribution in [0.3, 0.4) is 0 Å². The third kappa shape index (κ3) is 3.45. The smallest absolute Gasteiger partial charge is 0.170 e. The molecule has 0 spiro atoms. The first-order valence-electron chi connectivity index (χ1n) is 5.94. The Hall–Kier alpha value is -2.07. The summed E-state index contributed by atoms with van der Waals surface area (Å²) in [6.07, 6.45) is 0. The number of hydrogen-bond acceptors (Lipinski definition) is 3. The summed E-state index contributed by atoms with van der Waals surface area (Å²) in [6.45, 7) is 0.615. The van der Waals surface area contributed by atoms with E-state index in [0.717, 1.165) is 5.56 Å². The van der Waals surface area contributed by atoms with Crippen molar-refractivity contribution in [3.05, 3.63) is 59.4 Å². The highest BCUT2D eigenvalue weighted by Crippen LogP contribution is 2.20. The van der Waals surface area contributed by atoms with Gasteiger partial charge in [0.25, 0.3) is 0 Å². The van der Waals surface area contributed by atoms with Crippen LogP contribution in [0, 0.1) is 5.82 Å². The van der Waals surface area contributed by atoms with Crippen LogP contribution in [0.2, 0.25) is 0 Å². The van der Waals surface area contributed by atoms with E-state index < -0.39 is 0 Å². The lowest BCUT2D eigenvalue weighted by molar-refractivity contribution is 0.104. The maximum atomic E-state index is 13.8. The van der Waals surface area contributed by atoms with Crippen molar-refractivity contribution in [2.75, 3.05) is 12.8 Å². The van der Waals surface area contributed by atoms with Gasteiger partial charge in [-0.1, -0.05) is 24.3 Å². The average Bonchev–Trinajstić information content (AvgIpc) is 2.43. The van der Waals surface area contributed by atoms with E-state index in [2.05, 4.69) is 0 Å². The van der Waals surface area contributed by atoms with Crippen molar-refractivity contribution in [3.8, 4) is 5.75 Å². The van der Waals surface area contributed by atoms with Crippen LogP contribution in [-0.4, -0.2) is 7.11 Å². The highest BCUT2D eigenvalue weighted by molar-refractivity contribution is 5.39. The van der Waals surface area contributed by atoms with Crippen LogP contribution < -0.4 is 10.5 Å². The molecule has 0 unspecified atom stereocenters. The lowest BCUT2D eigenvalue weighted by atomic mass is 10.2. The molecule has 19 heavy (non-hydrogen) atoms. The number of halogens is 1. The molecule has 0 saturated carbocycles. The quantitative estimate of drug-likeness (QED) is 0.841. The Morgan fingerprint density at radius 1 is 1.05 bits per heavy atom. The van der Waals surface area contributed by atoms with Crippen LogP contribution >= 0.6 is 0 Å². The van der Waals surface area contributed by atoms with Crippen LogP contribution in [0.4, 0.5) is 10.1 Å². The number of anilines is 1. The van der Waals surface area contributed by atoms with Gasteiger partial charge in [-0.25, -0.2) is 4.39 Å². The lowest BCUT2D eigenvalue weighted by Crippen LogP contribution is -1.99. The van der Waals surface area contributed by atoms with Gasteiger partial charge >= 0.3 is 0 Å². The van der Waals surface area contributed by atoms with Crippen molar-refractivity contribution in [1.29, 1.82) is 0 Å². The summed E-state index contributed by atoms with van der Waals surface area (Å²) < 4.78 is 24.2. The maximum absolute atomic E-state index is 13.8. The molecule has 0 aromatic heterocycles. The zero-order chi connectivity index (χ0) is 13.7. The van der Waals surface area contributed by atoms with Gasteiger partial charge in [0.05, 0.1) is 20.3 Å². The van der Waals surface area contributed by atoms with Crippen molar-refractivity contribution in [2.45, 2.75) is 13.2 Å². The van der Waals surface area contributed by atoms with Gasteiger partial charge in [0, 0.05) is 11.3 Å². The molecule has 0 saturated heterocycles. The van der Waals surface area contributed by atoms with E-state index in [-0.39, 0.29) is 18.2 Å². The topological polar surface area (TPSA) is 44.5 Å².